The number of aryl methyl sites for hydroxylation is 2. The van der Waals surface area contributed by atoms with Crippen LogP contribution in [0.4, 0.5) is 5.82 Å². The molecule has 0 bridgehead atoms. The lowest BCUT2D eigenvalue weighted by atomic mass is 10.2. The van der Waals surface area contributed by atoms with Gasteiger partial charge in [-0.2, -0.15) is 9.50 Å². The molecule has 0 fully saturated rings. The highest BCUT2D eigenvalue weighted by atomic mass is 16.5. The van der Waals surface area contributed by atoms with Crippen molar-refractivity contribution in [3.05, 3.63) is 54.2 Å². The quantitative estimate of drug-likeness (QED) is 0.466. The first kappa shape index (κ1) is 18.1. The smallest absolute Gasteiger partial charge is 0.227 e. The molecule has 144 valence electrons. The number of aromatic nitrogens is 6. The lowest BCUT2D eigenvalue weighted by Gasteiger charge is -2.17. The van der Waals surface area contributed by atoms with Crippen LogP contribution in [0.2, 0.25) is 0 Å². The van der Waals surface area contributed by atoms with E-state index in [4.69, 9.17) is 9.62 Å². The Morgan fingerprint density at radius 1 is 1.04 bits per heavy atom. The van der Waals surface area contributed by atoms with Crippen molar-refractivity contribution in [3.8, 4) is 11.4 Å². The highest BCUT2D eigenvalue weighted by molar-refractivity contribution is 5.53. The highest BCUT2D eigenvalue weighted by Gasteiger charge is 2.13. The summed E-state index contributed by atoms with van der Waals surface area (Å²) in [5, 5.41) is 17.3. The van der Waals surface area contributed by atoms with Crippen LogP contribution in [0, 0.1) is 0 Å². The van der Waals surface area contributed by atoms with Crippen LogP contribution in [0.1, 0.15) is 31.5 Å². The first-order valence-electron chi connectivity index (χ1n) is 9.55. The largest absolute Gasteiger partial charge is 0.358 e. The zero-order valence-corrected chi connectivity index (χ0v) is 16.1. The van der Waals surface area contributed by atoms with Gasteiger partial charge in [0.25, 0.3) is 0 Å². The molecule has 0 atom stereocenters. The fraction of sp³-hybridized carbons (Fsp3) is 0.350. The van der Waals surface area contributed by atoms with Gasteiger partial charge in [-0.1, -0.05) is 48.8 Å². The van der Waals surface area contributed by atoms with Crippen molar-refractivity contribution >= 4 is 11.5 Å². The molecule has 0 N–H and O–H groups in total. The number of anilines is 1. The maximum absolute atomic E-state index is 5.39. The molecule has 0 spiro atoms. The van der Waals surface area contributed by atoms with E-state index in [1.165, 1.54) is 0 Å². The van der Waals surface area contributed by atoms with Crippen molar-refractivity contribution in [2.24, 2.45) is 0 Å². The number of rotatable bonds is 8. The molecule has 8 nitrogen and oxygen atoms in total. The van der Waals surface area contributed by atoms with Crippen molar-refractivity contribution in [3.63, 3.8) is 0 Å². The predicted octanol–water partition coefficient (Wildman–Crippen LogP) is 3.20. The molecule has 0 saturated carbocycles. The highest BCUT2D eigenvalue weighted by Crippen LogP contribution is 2.16. The maximum atomic E-state index is 5.39. The van der Waals surface area contributed by atoms with Crippen molar-refractivity contribution in [1.29, 1.82) is 0 Å². The summed E-state index contributed by atoms with van der Waals surface area (Å²) < 4.78 is 7.19. The Morgan fingerprint density at radius 2 is 1.89 bits per heavy atom. The summed E-state index contributed by atoms with van der Waals surface area (Å²) in [4.78, 5) is 6.63. The van der Waals surface area contributed by atoms with Gasteiger partial charge in [0.1, 0.15) is 5.82 Å². The zero-order chi connectivity index (χ0) is 19.3. The molecule has 4 rings (SSSR count). The van der Waals surface area contributed by atoms with Crippen LogP contribution in [0.5, 0.6) is 0 Å². The number of hydrogen-bond donors (Lipinski definition) is 0. The van der Waals surface area contributed by atoms with Crippen LogP contribution in [-0.2, 0) is 12.8 Å². The molecule has 3 aromatic heterocycles. The van der Waals surface area contributed by atoms with Gasteiger partial charge in [0.2, 0.25) is 11.7 Å². The number of unbranched alkanes of at least 4 members (excludes halogenated alkanes) is 1. The van der Waals surface area contributed by atoms with E-state index in [0.29, 0.717) is 24.6 Å². The van der Waals surface area contributed by atoms with Crippen LogP contribution in [0.3, 0.4) is 0 Å². The van der Waals surface area contributed by atoms with Crippen LogP contribution in [0.25, 0.3) is 17.0 Å². The van der Waals surface area contributed by atoms with E-state index < -0.39 is 0 Å². The topological polar surface area (TPSA) is 85.2 Å². The van der Waals surface area contributed by atoms with Crippen molar-refractivity contribution in [2.75, 3.05) is 18.5 Å². The third kappa shape index (κ3) is 3.85. The first-order valence-corrected chi connectivity index (χ1v) is 9.55. The van der Waals surface area contributed by atoms with Gasteiger partial charge in [0, 0.05) is 32.0 Å². The van der Waals surface area contributed by atoms with E-state index in [0.717, 1.165) is 42.2 Å². The van der Waals surface area contributed by atoms with Gasteiger partial charge >= 0.3 is 0 Å². The molecule has 0 aliphatic carbocycles. The van der Waals surface area contributed by atoms with Crippen LogP contribution in [-0.4, -0.2) is 43.5 Å². The summed E-state index contributed by atoms with van der Waals surface area (Å²) in [6, 6.07) is 13.7. The summed E-state index contributed by atoms with van der Waals surface area (Å²) in [7, 11) is 2.05. The molecule has 28 heavy (non-hydrogen) atoms. The van der Waals surface area contributed by atoms with Crippen molar-refractivity contribution in [2.45, 2.75) is 32.6 Å². The summed E-state index contributed by atoms with van der Waals surface area (Å²) >= 11 is 0. The van der Waals surface area contributed by atoms with Gasteiger partial charge in [-0.25, -0.2) is 0 Å². The molecule has 0 unspecified atom stereocenters. The molecule has 0 aliphatic heterocycles. The minimum Gasteiger partial charge on any atom is -0.358 e. The second-order valence-corrected chi connectivity index (χ2v) is 6.73. The fourth-order valence-electron chi connectivity index (χ4n) is 2.97. The van der Waals surface area contributed by atoms with Crippen molar-refractivity contribution in [1.82, 2.24) is 30.0 Å². The molecular weight excluding hydrogens is 354 g/mol. The van der Waals surface area contributed by atoms with Gasteiger partial charge in [-0.15, -0.1) is 15.3 Å². The van der Waals surface area contributed by atoms with Crippen LogP contribution < -0.4 is 4.90 Å². The Bertz CT molecular complexity index is 1040. The standard InChI is InChI=1S/C20H23N7O/c1-3-4-14-26(2)18-11-10-16-22-23-17(27(16)24-18)12-13-19-21-20(25-28-19)15-8-6-5-7-9-15/h5-11H,3-4,12-14H2,1-2H3. The van der Waals surface area contributed by atoms with Gasteiger partial charge in [0.05, 0.1) is 0 Å². The van der Waals surface area contributed by atoms with Crippen LogP contribution in [0.15, 0.2) is 47.0 Å². The molecule has 0 radical (unpaired) electrons. The Hall–Kier alpha value is -3.29. The Labute approximate surface area is 163 Å². The van der Waals surface area contributed by atoms with Crippen LogP contribution >= 0.6 is 0 Å². The summed E-state index contributed by atoms with van der Waals surface area (Å²) in [5.41, 5.74) is 1.67. The van der Waals surface area contributed by atoms with Gasteiger partial charge in [-0.05, 0) is 18.6 Å². The normalized spacial score (nSPS) is 11.2. The van der Waals surface area contributed by atoms with E-state index in [2.05, 4.69) is 39.2 Å². The number of fused-ring (bicyclic) bond motifs is 1. The maximum Gasteiger partial charge on any atom is 0.227 e. The van der Waals surface area contributed by atoms with Crippen molar-refractivity contribution < 1.29 is 4.52 Å². The lowest BCUT2D eigenvalue weighted by Crippen LogP contribution is -2.20. The molecular formula is C20H23N7O. The summed E-state index contributed by atoms with van der Waals surface area (Å²) in [6.07, 6.45) is 3.48. The van der Waals surface area contributed by atoms with E-state index in [-0.39, 0.29) is 0 Å². The molecule has 0 aliphatic rings. The zero-order valence-electron chi connectivity index (χ0n) is 16.1. The van der Waals surface area contributed by atoms with E-state index in [1.54, 1.807) is 4.52 Å². The fourth-order valence-corrected chi connectivity index (χ4v) is 2.97. The number of benzene rings is 1. The second-order valence-electron chi connectivity index (χ2n) is 6.73. The SMILES string of the molecule is CCCCN(C)c1ccc2nnc(CCc3nc(-c4ccccc4)no3)n2n1. The van der Waals surface area contributed by atoms with Gasteiger partial charge in [-0.3, -0.25) is 0 Å². The van der Waals surface area contributed by atoms with Gasteiger partial charge in [0.15, 0.2) is 11.5 Å². The van der Waals surface area contributed by atoms with E-state index >= 15 is 0 Å². The molecule has 0 saturated heterocycles. The predicted molar refractivity (Wildman–Crippen MR) is 106 cm³/mol. The van der Waals surface area contributed by atoms with Gasteiger partial charge < -0.3 is 9.42 Å². The van der Waals surface area contributed by atoms with E-state index in [9.17, 15) is 0 Å². The molecule has 1 aromatic carbocycles. The number of nitrogens with zero attached hydrogens (tertiary/aromatic N) is 7. The Kier molecular flexibility index (Phi) is 5.27. The Balaban J connectivity index is 1.48. The van der Waals surface area contributed by atoms with E-state index in [1.807, 2.05) is 42.5 Å². The third-order valence-corrected chi connectivity index (χ3v) is 4.61. The third-order valence-electron chi connectivity index (χ3n) is 4.61. The molecule has 4 aromatic rings. The average Bonchev–Trinajstić information content (AvgIpc) is 3.37. The summed E-state index contributed by atoms with van der Waals surface area (Å²) in [5.74, 6) is 2.86. The molecule has 8 heteroatoms. The molecule has 0 amide bonds. The average molecular weight is 377 g/mol. The minimum absolute atomic E-state index is 0.576. The molecule has 3 heterocycles. The lowest BCUT2D eigenvalue weighted by molar-refractivity contribution is 0.377. The minimum atomic E-state index is 0.576. The summed E-state index contributed by atoms with van der Waals surface area (Å²) in [6.45, 7) is 3.15. The Morgan fingerprint density at radius 3 is 2.71 bits per heavy atom. The monoisotopic (exact) mass is 377 g/mol. The second kappa shape index (κ2) is 8.16. The first-order chi connectivity index (χ1) is 13.7. The number of hydrogen-bond acceptors (Lipinski definition) is 7.